The van der Waals surface area contributed by atoms with Crippen molar-refractivity contribution in [1.29, 1.82) is 0 Å². The maximum absolute atomic E-state index is 5.72. The first-order valence-electron chi connectivity index (χ1n) is 6.68. The molecule has 0 aliphatic rings. The van der Waals surface area contributed by atoms with E-state index in [4.69, 9.17) is 9.47 Å². The van der Waals surface area contributed by atoms with Crippen LogP contribution in [0.25, 0.3) is 0 Å². The summed E-state index contributed by atoms with van der Waals surface area (Å²) in [4.78, 5) is 12.3. The fourth-order valence-corrected chi connectivity index (χ4v) is 1.72. The Bertz CT molecular complexity index is 601. The minimum absolute atomic E-state index is 0.0479. The molecule has 2 aromatic rings. The third kappa shape index (κ3) is 3.81. The van der Waals surface area contributed by atoms with Gasteiger partial charge in [-0.1, -0.05) is 32.9 Å². The van der Waals surface area contributed by atoms with Crippen LogP contribution in [-0.2, 0) is 5.41 Å². The van der Waals surface area contributed by atoms with E-state index >= 15 is 0 Å². The molecule has 0 radical (unpaired) electrons. The second-order valence-corrected chi connectivity index (χ2v) is 5.56. The van der Waals surface area contributed by atoms with Crippen LogP contribution < -0.4 is 14.8 Å². The second-order valence-electron chi connectivity index (χ2n) is 5.56. The molecular formula is C15H20N4O2. The number of anilines is 1. The summed E-state index contributed by atoms with van der Waals surface area (Å²) in [6, 6.07) is 8.26. The molecule has 0 spiro atoms. The summed E-state index contributed by atoms with van der Waals surface area (Å²) in [5, 5.41) is 2.84. The molecule has 1 aromatic heterocycles. The summed E-state index contributed by atoms with van der Waals surface area (Å²) in [7, 11) is 3.22. The standard InChI is InChI=1S/C15H20N4O2/c1-15(2,3)10-7-6-8-11(9-10)21-14-18-12(16-4)17-13(19-14)20-5/h6-9H,1-5H3,(H,16,17,18,19). The Morgan fingerprint density at radius 1 is 1.05 bits per heavy atom. The molecule has 0 saturated carbocycles. The molecule has 0 saturated heterocycles. The summed E-state index contributed by atoms with van der Waals surface area (Å²) >= 11 is 0. The third-order valence-electron chi connectivity index (χ3n) is 2.91. The highest BCUT2D eigenvalue weighted by molar-refractivity contribution is 5.35. The molecule has 1 heterocycles. The number of aromatic nitrogens is 3. The van der Waals surface area contributed by atoms with Gasteiger partial charge in [-0.15, -0.1) is 4.98 Å². The van der Waals surface area contributed by atoms with Gasteiger partial charge in [-0.2, -0.15) is 9.97 Å². The van der Waals surface area contributed by atoms with Crippen LogP contribution in [0.5, 0.6) is 17.8 Å². The average Bonchev–Trinajstić information content (AvgIpc) is 2.46. The molecule has 0 atom stereocenters. The molecule has 0 fully saturated rings. The fourth-order valence-electron chi connectivity index (χ4n) is 1.72. The quantitative estimate of drug-likeness (QED) is 0.932. The van der Waals surface area contributed by atoms with Gasteiger partial charge in [-0.25, -0.2) is 0 Å². The Morgan fingerprint density at radius 2 is 1.76 bits per heavy atom. The van der Waals surface area contributed by atoms with E-state index in [1.54, 1.807) is 7.05 Å². The van der Waals surface area contributed by atoms with Crippen LogP contribution in [0.15, 0.2) is 24.3 Å². The number of benzene rings is 1. The molecule has 0 unspecified atom stereocenters. The van der Waals surface area contributed by atoms with Gasteiger partial charge in [0.2, 0.25) is 5.95 Å². The minimum Gasteiger partial charge on any atom is -0.467 e. The smallest absolute Gasteiger partial charge is 0.330 e. The van der Waals surface area contributed by atoms with E-state index in [1.165, 1.54) is 12.7 Å². The van der Waals surface area contributed by atoms with Gasteiger partial charge in [-0.3, -0.25) is 0 Å². The Morgan fingerprint density at radius 3 is 2.38 bits per heavy atom. The van der Waals surface area contributed by atoms with Crippen LogP contribution >= 0.6 is 0 Å². The number of nitrogens with zero attached hydrogens (tertiary/aromatic N) is 3. The SMILES string of the molecule is CNc1nc(OC)nc(Oc2cccc(C(C)(C)C)c2)n1. The lowest BCUT2D eigenvalue weighted by molar-refractivity contribution is 0.360. The monoisotopic (exact) mass is 288 g/mol. The number of ether oxygens (including phenoxy) is 2. The largest absolute Gasteiger partial charge is 0.467 e. The van der Waals surface area contributed by atoms with Crippen LogP contribution in [0.4, 0.5) is 5.95 Å². The zero-order valence-corrected chi connectivity index (χ0v) is 13.0. The number of methoxy groups -OCH3 is 1. The first kappa shape index (κ1) is 15.0. The molecule has 0 bridgehead atoms. The van der Waals surface area contributed by atoms with Crippen molar-refractivity contribution in [2.45, 2.75) is 26.2 Å². The number of hydrogen-bond acceptors (Lipinski definition) is 6. The summed E-state index contributed by atoms with van der Waals surface area (Å²) < 4.78 is 10.7. The predicted molar refractivity (Wildman–Crippen MR) is 81.1 cm³/mol. The van der Waals surface area contributed by atoms with Gasteiger partial charge in [-0.05, 0) is 23.1 Å². The van der Waals surface area contributed by atoms with E-state index in [2.05, 4.69) is 47.1 Å². The van der Waals surface area contributed by atoms with E-state index < -0.39 is 0 Å². The summed E-state index contributed by atoms with van der Waals surface area (Å²) in [5.41, 5.74) is 1.22. The first-order chi connectivity index (χ1) is 9.92. The molecule has 0 aliphatic carbocycles. The van der Waals surface area contributed by atoms with E-state index in [9.17, 15) is 0 Å². The van der Waals surface area contributed by atoms with Gasteiger partial charge in [0.25, 0.3) is 0 Å². The zero-order chi connectivity index (χ0) is 15.5. The normalized spacial score (nSPS) is 11.1. The Labute approximate surface area is 124 Å². The first-order valence-corrected chi connectivity index (χ1v) is 6.68. The number of nitrogens with one attached hydrogen (secondary N) is 1. The Balaban J connectivity index is 2.30. The van der Waals surface area contributed by atoms with Gasteiger partial charge in [0.05, 0.1) is 7.11 Å². The zero-order valence-electron chi connectivity index (χ0n) is 13.0. The van der Waals surface area contributed by atoms with Crippen LogP contribution in [0.2, 0.25) is 0 Å². The van der Waals surface area contributed by atoms with Crippen molar-refractivity contribution in [3.8, 4) is 17.8 Å². The molecular weight excluding hydrogens is 268 g/mol. The molecule has 6 nitrogen and oxygen atoms in total. The molecule has 1 aromatic carbocycles. The lowest BCUT2D eigenvalue weighted by Gasteiger charge is -2.19. The Hall–Kier alpha value is -2.37. The summed E-state index contributed by atoms with van der Waals surface area (Å²) in [6.45, 7) is 6.45. The van der Waals surface area contributed by atoms with Crippen LogP contribution in [-0.4, -0.2) is 29.1 Å². The van der Waals surface area contributed by atoms with E-state index in [0.29, 0.717) is 11.7 Å². The van der Waals surface area contributed by atoms with Crippen molar-refractivity contribution in [3.05, 3.63) is 29.8 Å². The molecule has 2 rings (SSSR count). The van der Waals surface area contributed by atoms with Crippen LogP contribution in [0, 0.1) is 0 Å². The highest BCUT2D eigenvalue weighted by Crippen LogP contribution is 2.27. The van der Waals surface area contributed by atoms with Crippen molar-refractivity contribution in [2.24, 2.45) is 0 Å². The van der Waals surface area contributed by atoms with Gasteiger partial charge in [0.1, 0.15) is 5.75 Å². The topological polar surface area (TPSA) is 69.2 Å². The lowest BCUT2D eigenvalue weighted by atomic mass is 9.87. The van der Waals surface area contributed by atoms with E-state index in [-0.39, 0.29) is 17.4 Å². The third-order valence-corrected chi connectivity index (χ3v) is 2.91. The van der Waals surface area contributed by atoms with Crippen molar-refractivity contribution >= 4 is 5.95 Å². The van der Waals surface area contributed by atoms with Crippen molar-refractivity contribution in [1.82, 2.24) is 15.0 Å². The predicted octanol–water partition coefficient (Wildman–Crippen LogP) is 3.01. The van der Waals surface area contributed by atoms with Gasteiger partial charge in [0, 0.05) is 7.05 Å². The summed E-state index contributed by atoms with van der Waals surface area (Å²) in [5.74, 6) is 1.07. The second kappa shape index (κ2) is 5.95. The molecule has 21 heavy (non-hydrogen) atoms. The van der Waals surface area contributed by atoms with Crippen molar-refractivity contribution in [3.63, 3.8) is 0 Å². The molecule has 6 heteroatoms. The number of hydrogen-bond donors (Lipinski definition) is 1. The molecule has 0 aliphatic heterocycles. The Kier molecular flexibility index (Phi) is 4.26. The lowest BCUT2D eigenvalue weighted by Crippen LogP contribution is -2.10. The van der Waals surface area contributed by atoms with Gasteiger partial charge >= 0.3 is 12.0 Å². The van der Waals surface area contributed by atoms with E-state index in [0.717, 1.165) is 0 Å². The highest BCUT2D eigenvalue weighted by atomic mass is 16.5. The average molecular weight is 288 g/mol. The maximum atomic E-state index is 5.72. The van der Waals surface area contributed by atoms with Crippen LogP contribution in [0.1, 0.15) is 26.3 Å². The molecule has 112 valence electrons. The molecule has 0 amide bonds. The van der Waals surface area contributed by atoms with Crippen LogP contribution in [0.3, 0.4) is 0 Å². The van der Waals surface area contributed by atoms with Crippen molar-refractivity contribution < 1.29 is 9.47 Å². The van der Waals surface area contributed by atoms with Gasteiger partial charge < -0.3 is 14.8 Å². The summed E-state index contributed by atoms with van der Waals surface area (Å²) in [6.07, 6.45) is 0. The number of rotatable bonds is 4. The van der Waals surface area contributed by atoms with Crippen molar-refractivity contribution in [2.75, 3.05) is 19.5 Å². The molecule has 1 N–H and O–H groups in total. The fraction of sp³-hybridized carbons (Fsp3) is 0.400. The maximum Gasteiger partial charge on any atom is 0.330 e. The van der Waals surface area contributed by atoms with E-state index in [1.807, 2.05) is 18.2 Å². The van der Waals surface area contributed by atoms with Gasteiger partial charge in [0.15, 0.2) is 0 Å². The highest BCUT2D eigenvalue weighted by Gasteiger charge is 2.15. The minimum atomic E-state index is 0.0479.